The van der Waals surface area contributed by atoms with Crippen LogP contribution in [0.5, 0.6) is 5.75 Å². The van der Waals surface area contributed by atoms with Crippen LogP contribution in [-0.2, 0) is 0 Å². The van der Waals surface area contributed by atoms with Gasteiger partial charge in [0.1, 0.15) is 17.5 Å². The molecule has 1 aromatic heterocycles. The molecule has 1 amide bonds. The highest BCUT2D eigenvalue weighted by atomic mass is 16.5. The Balaban J connectivity index is 1.64. The lowest BCUT2D eigenvalue weighted by Crippen LogP contribution is -2.48. The van der Waals surface area contributed by atoms with Crippen molar-refractivity contribution in [1.29, 1.82) is 5.26 Å². The molecule has 2 heterocycles. The van der Waals surface area contributed by atoms with Crippen LogP contribution < -0.4 is 15.0 Å². The molecule has 0 bridgehead atoms. The molecule has 25 heavy (non-hydrogen) atoms. The number of pyridine rings is 1. The first kappa shape index (κ1) is 16.8. The maximum atomic E-state index is 12.4. The number of carbonyl (C=O) groups excluding carboxylic acids is 1. The van der Waals surface area contributed by atoms with E-state index in [0.29, 0.717) is 11.3 Å². The van der Waals surface area contributed by atoms with Crippen molar-refractivity contribution in [2.24, 2.45) is 0 Å². The lowest BCUT2D eigenvalue weighted by atomic mass is 10.0. The van der Waals surface area contributed by atoms with E-state index < -0.39 is 0 Å². The summed E-state index contributed by atoms with van der Waals surface area (Å²) in [6, 6.07) is 13.2. The number of nitrogens with one attached hydrogen (secondary N) is 1. The standard InChI is InChI=1S/C19H20N4O2/c1-25-17-6-2-5-16(10-17)23-9-3-4-15(13-23)22-19(24)18-8-7-14(11-20)12-21-18/h2,5-8,10,12,15H,3-4,9,13H2,1H3,(H,22,24)/t15-/m0/s1. The average molecular weight is 336 g/mol. The number of nitriles is 1. The van der Waals surface area contributed by atoms with Gasteiger partial charge in [-0.3, -0.25) is 4.79 Å². The molecule has 6 nitrogen and oxygen atoms in total. The quantitative estimate of drug-likeness (QED) is 0.927. The zero-order chi connectivity index (χ0) is 17.6. The Morgan fingerprint density at radius 3 is 3.00 bits per heavy atom. The Morgan fingerprint density at radius 1 is 1.40 bits per heavy atom. The van der Waals surface area contributed by atoms with Gasteiger partial charge in [-0.15, -0.1) is 0 Å². The molecule has 2 aromatic rings. The van der Waals surface area contributed by atoms with Gasteiger partial charge in [-0.05, 0) is 37.1 Å². The van der Waals surface area contributed by atoms with E-state index in [4.69, 9.17) is 10.00 Å². The first-order valence-corrected chi connectivity index (χ1v) is 8.25. The number of carbonyl (C=O) groups is 1. The minimum Gasteiger partial charge on any atom is -0.497 e. The van der Waals surface area contributed by atoms with Crippen LogP contribution in [-0.4, -0.2) is 37.1 Å². The number of hydrogen-bond acceptors (Lipinski definition) is 5. The number of amides is 1. The van der Waals surface area contributed by atoms with E-state index in [1.165, 1.54) is 6.20 Å². The van der Waals surface area contributed by atoms with Crippen molar-refractivity contribution in [2.45, 2.75) is 18.9 Å². The lowest BCUT2D eigenvalue weighted by Gasteiger charge is -2.34. The van der Waals surface area contributed by atoms with E-state index in [1.54, 1.807) is 19.2 Å². The lowest BCUT2D eigenvalue weighted by molar-refractivity contribution is 0.0928. The molecule has 1 aliphatic heterocycles. The van der Waals surface area contributed by atoms with E-state index in [9.17, 15) is 4.79 Å². The second kappa shape index (κ2) is 7.67. The van der Waals surface area contributed by atoms with E-state index in [-0.39, 0.29) is 11.9 Å². The Morgan fingerprint density at radius 2 is 2.28 bits per heavy atom. The summed E-state index contributed by atoms with van der Waals surface area (Å²) in [4.78, 5) is 18.7. The van der Waals surface area contributed by atoms with Gasteiger partial charge in [-0.2, -0.15) is 5.26 Å². The number of anilines is 1. The maximum Gasteiger partial charge on any atom is 0.270 e. The van der Waals surface area contributed by atoms with Crippen LogP contribution >= 0.6 is 0 Å². The van der Waals surface area contributed by atoms with Crippen LogP contribution in [0.4, 0.5) is 5.69 Å². The summed E-state index contributed by atoms with van der Waals surface area (Å²) in [5.74, 6) is 0.618. The van der Waals surface area contributed by atoms with Crippen LogP contribution in [0.15, 0.2) is 42.6 Å². The highest BCUT2D eigenvalue weighted by Gasteiger charge is 2.22. The first-order valence-electron chi connectivity index (χ1n) is 8.25. The molecule has 3 rings (SSSR count). The minimum absolute atomic E-state index is 0.0601. The van der Waals surface area contributed by atoms with Gasteiger partial charge < -0.3 is 15.0 Å². The first-order chi connectivity index (χ1) is 12.2. The van der Waals surface area contributed by atoms with E-state index >= 15 is 0 Å². The van der Waals surface area contributed by atoms with Gasteiger partial charge in [0.2, 0.25) is 0 Å². The van der Waals surface area contributed by atoms with Crippen LogP contribution in [0.3, 0.4) is 0 Å². The van der Waals surface area contributed by atoms with Crippen molar-refractivity contribution in [3.8, 4) is 11.8 Å². The second-order valence-corrected chi connectivity index (χ2v) is 6.00. The Hall–Kier alpha value is -3.07. The number of nitrogens with zero attached hydrogens (tertiary/aromatic N) is 3. The van der Waals surface area contributed by atoms with Gasteiger partial charge in [0.05, 0.1) is 12.7 Å². The molecule has 0 radical (unpaired) electrons. The van der Waals surface area contributed by atoms with Crippen LogP contribution in [0, 0.1) is 11.3 Å². The van der Waals surface area contributed by atoms with Crippen molar-refractivity contribution in [3.05, 3.63) is 53.9 Å². The summed E-state index contributed by atoms with van der Waals surface area (Å²) in [7, 11) is 1.66. The van der Waals surface area contributed by atoms with Crippen molar-refractivity contribution in [2.75, 3.05) is 25.1 Å². The van der Waals surface area contributed by atoms with Crippen molar-refractivity contribution in [3.63, 3.8) is 0 Å². The van der Waals surface area contributed by atoms with Crippen molar-refractivity contribution in [1.82, 2.24) is 10.3 Å². The molecule has 0 spiro atoms. The predicted molar refractivity (Wildman–Crippen MR) is 94.6 cm³/mol. The predicted octanol–water partition coefficient (Wildman–Crippen LogP) is 2.36. The zero-order valence-corrected chi connectivity index (χ0v) is 14.1. The summed E-state index contributed by atoms with van der Waals surface area (Å²) in [5, 5.41) is 11.8. The van der Waals surface area contributed by atoms with Crippen molar-refractivity contribution < 1.29 is 9.53 Å². The third kappa shape index (κ3) is 4.07. The number of benzene rings is 1. The van der Waals surface area contributed by atoms with E-state index in [0.717, 1.165) is 37.4 Å². The molecule has 1 aromatic carbocycles. The SMILES string of the molecule is COc1cccc(N2CCC[C@H](NC(=O)c3ccc(C#N)cn3)C2)c1. The second-order valence-electron chi connectivity index (χ2n) is 6.00. The van der Waals surface area contributed by atoms with E-state index in [1.807, 2.05) is 24.3 Å². The fraction of sp³-hybridized carbons (Fsp3) is 0.316. The molecule has 1 atom stereocenters. The van der Waals surface area contributed by atoms with Gasteiger partial charge in [0.25, 0.3) is 5.91 Å². The number of aromatic nitrogens is 1. The fourth-order valence-electron chi connectivity index (χ4n) is 2.99. The Labute approximate surface area is 147 Å². The van der Waals surface area contributed by atoms with Gasteiger partial charge in [-0.1, -0.05) is 6.07 Å². The molecule has 1 saturated heterocycles. The largest absolute Gasteiger partial charge is 0.497 e. The summed E-state index contributed by atoms with van der Waals surface area (Å²) in [6.45, 7) is 1.70. The topological polar surface area (TPSA) is 78.2 Å². The Bertz CT molecular complexity index is 783. The summed E-state index contributed by atoms with van der Waals surface area (Å²) in [5.41, 5.74) is 1.87. The number of piperidine rings is 1. The highest BCUT2D eigenvalue weighted by molar-refractivity contribution is 5.92. The minimum atomic E-state index is -0.206. The number of hydrogen-bond donors (Lipinski definition) is 1. The summed E-state index contributed by atoms with van der Waals surface area (Å²) in [6.07, 6.45) is 3.35. The molecule has 1 N–H and O–H groups in total. The Kier molecular flexibility index (Phi) is 5.14. The molecule has 1 fully saturated rings. The van der Waals surface area contributed by atoms with Gasteiger partial charge >= 0.3 is 0 Å². The molecule has 0 saturated carbocycles. The molecule has 6 heteroatoms. The summed E-state index contributed by atoms with van der Waals surface area (Å²) < 4.78 is 5.29. The summed E-state index contributed by atoms with van der Waals surface area (Å²) >= 11 is 0. The highest BCUT2D eigenvalue weighted by Crippen LogP contribution is 2.24. The number of methoxy groups -OCH3 is 1. The maximum absolute atomic E-state index is 12.4. The molecule has 128 valence electrons. The third-order valence-electron chi connectivity index (χ3n) is 4.30. The third-order valence-corrected chi connectivity index (χ3v) is 4.30. The molecule has 0 unspecified atom stereocenters. The average Bonchev–Trinajstić information content (AvgIpc) is 2.68. The van der Waals surface area contributed by atoms with E-state index in [2.05, 4.69) is 21.3 Å². The van der Waals surface area contributed by atoms with Crippen LogP contribution in [0.2, 0.25) is 0 Å². The zero-order valence-electron chi connectivity index (χ0n) is 14.1. The van der Waals surface area contributed by atoms with Gasteiger partial charge in [0, 0.05) is 37.1 Å². The van der Waals surface area contributed by atoms with Gasteiger partial charge in [0.15, 0.2) is 0 Å². The monoisotopic (exact) mass is 336 g/mol. The molecule has 0 aliphatic carbocycles. The molecular weight excluding hydrogens is 316 g/mol. The smallest absolute Gasteiger partial charge is 0.270 e. The number of rotatable bonds is 4. The molecular formula is C19H20N4O2. The van der Waals surface area contributed by atoms with Crippen LogP contribution in [0.25, 0.3) is 0 Å². The van der Waals surface area contributed by atoms with Crippen molar-refractivity contribution >= 4 is 11.6 Å². The fourth-order valence-corrected chi connectivity index (χ4v) is 2.99. The van der Waals surface area contributed by atoms with Crippen LogP contribution in [0.1, 0.15) is 28.9 Å². The molecule has 1 aliphatic rings. The normalized spacial score (nSPS) is 16.8. The van der Waals surface area contributed by atoms with Gasteiger partial charge in [-0.25, -0.2) is 4.98 Å². The number of ether oxygens (including phenoxy) is 1.